The third kappa shape index (κ3) is 5.23. The second-order valence-corrected chi connectivity index (χ2v) is 15.0. The number of ether oxygens (including phenoxy) is 1. The number of carbonyl (C=O) groups is 5. The lowest BCUT2D eigenvalue weighted by atomic mass is 9.44. The third-order valence-electron chi connectivity index (χ3n) is 12.3. The number of phenolic OH excluding ortho intramolecular Hbond substituents is 1. The molecule has 4 aliphatic rings. The maximum absolute atomic E-state index is 15.2. The summed E-state index contributed by atoms with van der Waals surface area (Å²) in [7, 11) is 1.45. The number of anilines is 1. The zero-order chi connectivity index (χ0) is 38.7. The van der Waals surface area contributed by atoms with E-state index in [0.29, 0.717) is 39.1 Å². The van der Waals surface area contributed by atoms with Gasteiger partial charge in [-0.05, 0) is 77.9 Å². The normalized spacial score (nSPS) is 25.4. The standard InChI is InChI=1S/C48H37NO7/c1-56-40-25-31(19-24-39(40)50)43-34-22-23-35-42(47(55)49(46(35)54)33-20-17-30(18-21-33)44(52)29-13-7-3-8-14-29)37(34)26-38-45(53)36(28-11-5-2-6-12-28)27-41(51)48(38,43)32-15-9-4-10-16-32/h2-22,24-25,27,35,37-38,42-43,50H,23,26H2,1H3/t35-,37+,38-,42-,43-,48-/m0/s1. The minimum atomic E-state index is -1.40. The van der Waals surface area contributed by atoms with Crippen molar-refractivity contribution in [2.24, 2.45) is 23.7 Å². The van der Waals surface area contributed by atoms with Crippen molar-refractivity contribution in [1.29, 1.82) is 0 Å². The van der Waals surface area contributed by atoms with Gasteiger partial charge < -0.3 is 9.84 Å². The molecule has 9 rings (SSSR count). The molecule has 0 spiro atoms. The quantitative estimate of drug-likeness (QED) is 0.104. The van der Waals surface area contributed by atoms with Gasteiger partial charge in [-0.2, -0.15) is 0 Å². The lowest BCUT2D eigenvalue weighted by molar-refractivity contribution is -0.135. The summed E-state index contributed by atoms with van der Waals surface area (Å²) < 4.78 is 5.56. The highest BCUT2D eigenvalue weighted by Gasteiger charge is 2.66. The van der Waals surface area contributed by atoms with Crippen molar-refractivity contribution in [3.8, 4) is 11.5 Å². The molecule has 2 fully saturated rings. The second kappa shape index (κ2) is 13.6. The number of hydrogen-bond acceptors (Lipinski definition) is 7. The summed E-state index contributed by atoms with van der Waals surface area (Å²) in [5.74, 6) is -4.86. The van der Waals surface area contributed by atoms with Gasteiger partial charge >= 0.3 is 0 Å². The van der Waals surface area contributed by atoms with Crippen molar-refractivity contribution in [1.82, 2.24) is 0 Å². The van der Waals surface area contributed by atoms with Crippen molar-refractivity contribution in [3.63, 3.8) is 0 Å². The molecule has 3 aliphatic carbocycles. The fourth-order valence-corrected chi connectivity index (χ4v) is 9.90. The Bertz CT molecular complexity index is 2490. The Morgan fingerprint density at radius 3 is 2.07 bits per heavy atom. The van der Waals surface area contributed by atoms with Gasteiger partial charge in [-0.15, -0.1) is 0 Å². The number of rotatable bonds is 7. The Labute approximate surface area is 323 Å². The lowest BCUT2D eigenvalue weighted by Gasteiger charge is -2.55. The average molecular weight is 740 g/mol. The molecule has 276 valence electrons. The molecule has 56 heavy (non-hydrogen) atoms. The topological polar surface area (TPSA) is 118 Å². The molecule has 1 aliphatic heterocycles. The second-order valence-electron chi connectivity index (χ2n) is 15.0. The molecule has 0 bridgehead atoms. The summed E-state index contributed by atoms with van der Waals surface area (Å²) in [5.41, 5.74) is 3.00. The Morgan fingerprint density at radius 2 is 1.39 bits per heavy atom. The minimum Gasteiger partial charge on any atom is -0.504 e. The summed E-state index contributed by atoms with van der Waals surface area (Å²) in [4.78, 5) is 73.8. The van der Waals surface area contributed by atoms with Crippen LogP contribution in [-0.4, -0.2) is 41.4 Å². The minimum absolute atomic E-state index is 0.0763. The van der Waals surface area contributed by atoms with E-state index in [9.17, 15) is 19.5 Å². The van der Waals surface area contributed by atoms with E-state index in [4.69, 9.17) is 4.74 Å². The van der Waals surface area contributed by atoms with E-state index in [1.807, 2.05) is 72.8 Å². The first kappa shape index (κ1) is 35.1. The van der Waals surface area contributed by atoms with Crippen molar-refractivity contribution >= 4 is 40.4 Å². The van der Waals surface area contributed by atoms with Gasteiger partial charge in [-0.25, -0.2) is 0 Å². The van der Waals surface area contributed by atoms with E-state index in [0.717, 1.165) is 5.57 Å². The zero-order valence-corrected chi connectivity index (χ0v) is 30.5. The summed E-state index contributed by atoms with van der Waals surface area (Å²) in [5, 5.41) is 10.7. The summed E-state index contributed by atoms with van der Waals surface area (Å²) in [6.07, 6.45) is 3.91. The molecule has 8 nitrogen and oxygen atoms in total. The number of carbonyl (C=O) groups excluding carboxylic acids is 5. The van der Waals surface area contributed by atoms with Crippen molar-refractivity contribution in [2.45, 2.75) is 24.2 Å². The third-order valence-corrected chi connectivity index (χ3v) is 12.3. The largest absolute Gasteiger partial charge is 0.504 e. The van der Waals surface area contributed by atoms with Crippen LogP contribution in [0.3, 0.4) is 0 Å². The monoisotopic (exact) mass is 739 g/mol. The number of aromatic hydroxyl groups is 1. The Balaban J connectivity index is 1.18. The smallest absolute Gasteiger partial charge is 0.238 e. The van der Waals surface area contributed by atoms with Crippen molar-refractivity contribution in [3.05, 3.63) is 179 Å². The van der Waals surface area contributed by atoms with Crippen molar-refractivity contribution in [2.75, 3.05) is 12.0 Å². The summed E-state index contributed by atoms with van der Waals surface area (Å²) >= 11 is 0. The average Bonchev–Trinajstić information content (AvgIpc) is 3.50. The van der Waals surface area contributed by atoms with E-state index >= 15 is 9.59 Å². The molecule has 6 atom stereocenters. The fraction of sp³-hybridized carbons (Fsp3) is 0.188. The van der Waals surface area contributed by atoms with Crippen LogP contribution in [0, 0.1) is 23.7 Å². The molecule has 5 aromatic carbocycles. The maximum atomic E-state index is 15.2. The van der Waals surface area contributed by atoms with Gasteiger partial charge in [0.25, 0.3) is 0 Å². The number of hydrogen-bond donors (Lipinski definition) is 1. The van der Waals surface area contributed by atoms with Crippen LogP contribution in [0.15, 0.2) is 151 Å². The molecule has 1 heterocycles. The number of phenols is 1. The molecule has 5 aromatic rings. The van der Waals surface area contributed by atoms with Gasteiger partial charge in [0.1, 0.15) is 0 Å². The number of allylic oxidation sites excluding steroid dienone is 4. The number of ketones is 3. The van der Waals surface area contributed by atoms with Gasteiger partial charge in [-0.3, -0.25) is 28.9 Å². The first-order chi connectivity index (χ1) is 27.2. The lowest BCUT2D eigenvalue weighted by Crippen LogP contribution is -2.58. The van der Waals surface area contributed by atoms with Gasteiger partial charge in [0.15, 0.2) is 28.8 Å². The van der Waals surface area contributed by atoms with Gasteiger partial charge in [0.2, 0.25) is 11.8 Å². The Kier molecular flexibility index (Phi) is 8.49. The van der Waals surface area contributed by atoms with Crippen LogP contribution in [0.25, 0.3) is 5.57 Å². The Morgan fingerprint density at radius 1 is 0.750 bits per heavy atom. The molecule has 0 unspecified atom stereocenters. The van der Waals surface area contributed by atoms with Crippen molar-refractivity contribution < 1.29 is 33.8 Å². The number of nitrogens with zero attached hydrogens (tertiary/aromatic N) is 1. The van der Waals surface area contributed by atoms with Crippen LogP contribution in [0.5, 0.6) is 11.5 Å². The molecular formula is C48H37NO7. The van der Waals surface area contributed by atoms with Gasteiger partial charge in [-0.1, -0.05) is 109 Å². The first-order valence-electron chi connectivity index (χ1n) is 18.8. The molecule has 2 amide bonds. The van der Waals surface area contributed by atoms with E-state index in [1.54, 1.807) is 60.7 Å². The number of imide groups is 1. The maximum Gasteiger partial charge on any atom is 0.238 e. The number of methoxy groups -OCH3 is 1. The van der Waals surface area contributed by atoms with Crippen LogP contribution in [0.2, 0.25) is 0 Å². The van der Waals surface area contributed by atoms with Gasteiger partial charge in [0, 0.05) is 28.5 Å². The van der Waals surface area contributed by atoms with E-state index < -0.39 is 35.0 Å². The molecule has 1 saturated carbocycles. The van der Waals surface area contributed by atoms with Crippen LogP contribution >= 0.6 is 0 Å². The highest BCUT2D eigenvalue weighted by atomic mass is 16.5. The number of Topliss-reactive ketones (excluding diaryl/α,β-unsaturated/α-hetero) is 1. The Hall–Kier alpha value is -6.67. The molecule has 0 radical (unpaired) electrons. The van der Waals surface area contributed by atoms with Crippen LogP contribution in [0.4, 0.5) is 5.69 Å². The van der Waals surface area contributed by atoms with Gasteiger partial charge in [0.05, 0.1) is 30.0 Å². The molecule has 8 heteroatoms. The molecular weight excluding hydrogens is 703 g/mol. The van der Waals surface area contributed by atoms with E-state index in [2.05, 4.69) is 0 Å². The molecule has 1 saturated heterocycles. The van der Waals surface area contributed by atoms with Crippen LogP contribution < -0.4 is 9.64 Å². The number of benzene rings is 5. The highest BCUT2D eigenvalue weighted by Crippen LogP contribution is 2.64. The fourth-order valence-electron chi connectivity index (χ4n) is 9.90. The number of amides is 2. The predicted molar refractivity (Wildman–Crippen MR) is 210 cm³/mol. The number of fused-ring (bicyclic) bond motifs is 4. The van der Waals surface area contributed by atoms with E-state index in [-0.39, 0.29) is 53.5 Å². The summed E-state index contributed by atoms with van der Waals surface area (Å²) in [6.45, 7) is 0. The summed E-state index contributed by atoms with van der Waals surface area (Å²) in [6, 6.07) is 38.9. The highest BCUT2D eigenvalue weighted by molar-refractivity contribution is 6.32. The SMILES string of the molecule is COc1cc([C@H]2C3=CC[C@@H]4C(=O)N(c5ccc(C(=O)c6ccccc6)cc5)C(=O)[C@@H]4[C@@H]3C[C@H]3C(=O)C(c4ccccc4)=CC(=O)[C@@]23c2ccccc2)ccc1O. The predicted octanol–water partition coefficient (Wildman–Crippen LogP) is 7.66. The van der Waals surface area contributed by atoms with Crippen LogP contribution in [-0.2, 0) is 24.6 Å². The first-order valence-corrected chi connectivity index (χ1v) is 18.8. The van der Waals surface area contributed by atoms with E-state index in [1.165, 1.54) is 24.2 Å². The molecule has 0 aromatic heterocycles. The molecule has 1 N–H and O–H groups in total. The zero-order valence-electron chi connectivity index (χ0n) is 30.5. The van der Waals surface area contributed by atoms with Crippen LogP contribution in [0.1, 0.15) is 51.4 Å².